The summed E-state index contributed by atoms with van der Waals surface area (Å²) in [6.07, 6.45) is 0.763. The molecule has 1 fully saturated rings. The Morgan fingerprint density at radius 1 is 1.48 bits per heavy atom. The van der Waals surface area contributed by atoms with Crippen LogP contribution in [0.4, 0.5) is 4.39 Å². The van der Waals surface area contributed by atoms with E-state index in [1.807, 2.05) is 4.57 Å². The van der Waals surface area contributed by atoms with Crippen molar-refractivity contribution < 1.29 is 9.13 Å². The molecular formula is C15H19ClFN3O. The summed E-state index contributed by atoms with van der Waals surface area (Å²) in [5.41, 5.74) is 1.62. The molecule has 0 N–H and O–H groups in total. The van der Waals surface area contributed by atoms with Gasteiger partial charge < -0.3 is 14.2 Å². The number of likely N-dealkylation sites (N-methyl/N-ethyl adjacent to an activating group) is 1. The topological polar surface area (TPSA) is 30.3 Å². The highest BCUT2D eigenvalue weighted by Gasteiger charge is 2.21. The van der Waals surface area contributed by atoms with Crippen LogP contribution in [0.1, 0.15) is 5.82 Å². The smallest absolute Gasteiger partial charge is 0.125 e. The maximum absolute atomic E-state index is 13.5. The molecule has 0 aliphatic carbocycles. The van der Waals surface area contributed by atoms with Gasteiger partial charge in [0.1, 0.15) is 11.6 Å². The van der Waals surface area contributed by atoms with E-state index < -0.39 is 0 Å². The number of aryl methyl sites for hydroxylation is 1. The molecule has 1 aromatic carbocycles. The van der Waals surface area contributed by atoms with Crippen LogP contribution in [-0.2, 0) is 17.7 Å². The number of benzene rings is 1. The summed E-state index contributed by atoms with van der Waals surface area (Å²) >= 11 is 5.87. The van der Waals surface area contributed by atoms with Gasteiger partial charge in [-0.15, -0.1) is 11.6 Å². The minimum Gasteiger partial charge on any atom is -0.374 e. The Hall–Kier alpha value is -1.17. The van der Waals surface area contributed by atoms with Crippen LogP contribution in [0.25, 0.3) is 11.0 Å². The van der Waals surface area contributed by atoms with Crippen LogP contribution in [0.5, 0.6) is 0 Å². The molecule has 1 aromatic heterocycles. The third-order valence-corrected chi connectivity index (χ3v) is 4.02. The Morgan fingerprint density at radius 2 is 2.33 bits per heavy atom. The number of rotatable bonds is 4. The van der Waals surface area contributed by atoms with Gasteiger partial charge in [0.25, 0.3) is 0 Å². The number of alkyl halides is 1. The van der Waals surface area contributed by atoms with Gasteiger partial charge in [-0.25, -0.2) is 9.37 Å². The zero-order chi connectivity index (χ0) is 14.8. The fourth-order valence-electron chi connectivity index (χ4n) is 2.81. The zero-order valence-electron chi connectivity index (χ0n) is 12.1. The van der Waals surface area contributed by atoms with Crippen LogP contribution in [-0.4, -0.2) is 53.2 Å². The van der Waals surface area contributed by atoms with Crippen molar-refractivity contribution in [3.63, 3.8) is 0 Å². The second-order valence-electron chi connectivity index (χ2n) is 5.47. The molecule has 1 saturated heterocycles. The summed E-state index contributed by atoms with van der Waals surface area (Å²) in [6, 6.07) is 4.69. The molecule has 6 heteroatoms. The molecule has 1 aliphatic rings. The van der Waals surface area contributed by atoms with Gasteiger partial charge in [-0.05, 0) is 25.2 Å². The van der Waals surface area contributed by atoms with Crippen molar-refractivity contribution in [2.45, 2.75) is 19.1 Å². The fourth-order valence-corrected chi connectivity index (χ4v) is 2.97. The highest BCUT2D eigenvalue weighted by atomic mass is 35.5. The number of imidazole rings is 1. The Kier molecular flexibility index (Phi) is 4.42. The molecule has 3 rings (SSSR count). The van der Waals surface area contributed by atoms with Crippen LogP contribution < -0.4 is 0 Å². The van der Waals surface area contributed by atoms with Crippen LogP contribution in [0.15, 0.2) is 18.2 Å². The summed E-state index contributed by atoms with van der Waals surface area (Å²) in [5, 5.41) is 0. The number of aromatic nitrogens is 2. The quantitative estimate of drug-likeness (QED) is 0.812. The van der Waals surface area contributed by atoms with E-state index in [0.717, 1.165) is 36.6 Å². The van der Waals surface area contributed by atoms with Crippen molar-refractivity contribution in [2.24, 2.45) is 0 Å². The third kappa shape index (κ3) is 3.20. The van der Waals surface area contributed by atoms with Crippen molar-refractivity contribution in [3.05, 3.63) is 29.8 Å². The van der Waals surface area contributed by atoms with E-state index >= 15 is 0 Å². The second-order valence-corrected chi connectivity index (χ2v) is 5.84. The number of hydrogen-bond donors (Lipinski definition) is 0. The normalized spacial score (nSPS) is 20.2. The van der Waals surface area contributed by atoms with Gasteiger partial charge in [-0.2, -0.15) is 0 Å². The largest absolute Gasteiger partial charge is 0.374 e. The van der Waals surface area contributed by atoms with Crippen molar-refractivity contribution in [2.75, 3.05) is 32.6 Å². The predicted octanol–water partition coefficient (Wildman–Crippen LogP) is 2.29. The molecule has 2 aromatic rings. The molecule has 1 unspecified atom stereocenters. The number of nitrogens with zero attached hydrogens (tertiary/aromatic N) is 3. The van der Waals surface area contributed by atoms with Crippen molar-refractivity contribution in [1.29, 1.82) is 0 Å². The number of halogens is 2. The average Bonchev–Trinajstić information content (AvgIpc) is 2.77. The van der Waals surface area contributed by atoms with Crippen molar-refractivity contribution >= 4 is 22.6 Å². The molecule has 1 atom stereocenters. The van der Waals surface area contributed by atoms with Gasteiger partial charge in [0.2, 0.25) is 0 Å². The highest BCUT2D eigenvalue weighted by Crippen LogP contribution is 2.20. The third-order valence-electron chi connectivity index (χ3n) is 3.84. The first-order valence-corrected chi connectivity index (χ1v) is 7.71. The molecular weight excluding hydrogens is 293 g/mol. The van der Waals surface area contributed by atoms with Crippen LogP contribution in [0.2, 0.25) is 0 Å². The highest BCUT2D eigenvalue weighted by molar-refractivity contribution is 6.17. The van der Waals surface area contributed by atoms with E-state index in [2.05, 4.69) is 16.9 Å². The summed E-state index contributed by atoms with van der Waals surface area (Å²) in [5.74, 6) is 1.14. The Labute approximate surface area is 128 Å². The minimum atomic E-state index is -0.247. The van der Waals surface area contributed by atoms with Gasteiger partial charge in [-0.3, -0.25) is 0 Å². The lowest BCUT2D eigenvalue weighted by atomic mass is 10.2. The molecule has 0 radical (unpaired) electrons. The van der Waals surface area contributed by atoms with Gasteiger partial charge in [-0.1, -0.05) is 0 Å². The van der Waals surface area contributed by atoms with Gasteiger partial charge in [0.15, 0.2) is 0 Å². The number of fused-ring (bicyclic) bond motifs is 1. The summed E-state index contributed by atoms with van der Waals surface area (Å²) < 4.78 is 21.4. The molecule has 0 bridgehead atoms. The van der Waals surface area contributed by atoms with Gasteiger partial charge >= 0.3 is 0 Å². The minimum absolute atomic E-state index is 0.0958. The lowest BCUT2D eigenvalue weighted by Gasteiger charge is -2.30. The first-order chi connectivity index (χ1) is 10.2. The maximum Gasteiger partial charge on any atom is 0.125 e. The monoisotopic (exact) mass is 311 g/mol. The molecule has 21 heavy (non-hydrogen) atoms. The maximum atomic E-state index is 13.5. The Morgan fingerprint density at radius 3 is 3.10 bits per heavy atom. The second kappa shape index (κ2) is 6.30. The predicted molar refractivity (Wildman–Crippen MR) is 81.4 cm³/mol. The van der Waals surface area contributed by atoms with E-state index in [9.17, 15) is 4.39 Å². The standard InChI is InChI=1S/C15H19ClFN3O/c1-19-6-7-21-12(9-19)10-20-14-8-11(17)2-3-13(14)18-15(20)4-5-16/h2-3,8,12H,4-7,9-10H2,1H3. The lowest BCUT2D eigenvalue weighted by molar-refractivity contribution is -0.0272. The Bertz CT molecular complexity index is 631. The molecule has 0 saturated carbocycles. The lowest BCUT2D eigenvalue weighted by Crippen LogP contribution is -2.42. The van der Waals surface area contributed by atoms with Crippen LogP contribution in [0, 0.1) is 5.82 Å². The first-order valence-electron chi connectivity index (χ1n) is 7.18. The van der Waals surface area contributed by atoms with Gasteiger partial charge in [0.05, 0.1) is 30.3 Å². The molecule has 4 nitrogen and oxygen atoms in total. The SMILES string of the molecule is CN1CCOC(Cn2c(CCCl)nc3ccc(F)cc32)C1. The first kappa shape index (κ1) is 14.8. The molecule has 0 spiro atoms. The molecule has 114 valence electrons. The Balaban J connectivity index is 1.94. The van der Waals surface area contributed by atoms with E-state index in [4.69, 9.17) is 16.3 Å². The number of morpholine rings is 1. The van der Waals surface area contributed by atoms with E-state index in [1.54, 1.807) is 6.07 Å². The number of ether oxygens (including phenoxy) is 1. The molecule has 2 heterocycles. The van der Waals surface area contributed by atoms with E-state index in [-0.39, 0.29) is 11.9 Å². The summed E-state index contributed by atoms with van der Waals surface area (Å²) in [4.78, 5) is 6.82. The van der Waals surface area contributed by atoms with E-state index in [1.165, 1.54) is 12.1 Å². The zero-order valence-corrected chi connectivity index (χ0v) is 12.8. The molecule has 0 amide bonds. The summed E-state index contributed by atoms with van der Waals surface area (Å²) in [7, 11) is 2.08. The van der Waals surface area contributed by atoms with Crippen molar-refractivity contribution in [1.82, 2.24) is 14.5 Å². The van der Waals surface area contributed by atoms with Crippen LogP contribution in [0.3, 0.4) is 0 Å². The summed E-state index contributed by atoms with van der Waals surface area (Å²) in [6.45, 7) is 3.23. The van der Waals surface area contributed by atoms with Crippen LogP contribution >= 0.6 is 11.6 Å². The average molecular weight is 312 g/mol. The van der Waals surface area contributed by atoms with Crippen molar-refractivity contribution in [3.8, 4) is 0 Å². The van der Waals surface area contributed by atoms with Gasteiger partial charge in [0, 0.05) is 25.4 Å². The molecule has 1 aliphatic heterocycles. The fraction of sp³-hybridized carbons (Fsp3) is 0.533. The number of hydrogen-bond acceptors (Lipinski definition) is 3. The van der Waals surface area contributed by atoms with E-state index in [0.29, 0.717) is 18.8 Å².